The van der Waals surface area contributed by atoms with Crippen LogP contribution in [0.15, 0.2) is 42.5 Å². The second-order valence-corrected chi connectivity index (χ2v) is 7.53. The molecule has 0 radical (unpaired) electrons. The Morgan fingerprint density at radius 1 is 1.21 bits per heavy atom. The van der Waals surface area contributed by atoms with E-state index in [4.69, 9.17) is 23.2 Å². The van der Waals surface area contributed by atoms with Gasteiger partial charge in [0.2, 0.25) is 0 Å². The van der Waals surface area contributed by atoms with Crippen LogP contribution in [-0.2, 0) is 22.6 Å². The van der Waals surface area contributed by atoms with Crippen molar-refractivity contribution in [3.8, 4) is 0 Å². The molecular formula is C19H21Cl2N3O4. The molecule has 0 aliphatic rings. The number of aromatic nitrogens is 2. The summed E-state index contributed by atoms with van der Waals surface area (Å²) in [6.07, 6.45) is 4.65. The van der Waals surface area contributed by atoms with Crippen molar-refractivity contribution in [3.63, 3.8) is 0 Å². The summed E-state index contributed by atoms with van der Waals surface area (Å²) in [5.41, 5.74) is 1.32. The van der Waals surface area contributed by atoms with Crippen molar-refractivity contribution in [1.82, 2.24) is 14.9 Å². The van der Waals surface area contributed by atoms with E-state index in [0.717, 1.165) is 5.56 Å². The summed E-state index contributed by atoms with van der Waals surface area (Å²) in [6.45, 7) is 4.02. The normalized spacial score (nSPS) is 12.8. The van der Waals surface area contributed by atoms with Crippen molar-refractivity contribution in [3.05, 3.63) is 63.8 Å². The van der Waals surface area contributed by atoms with E-state index in [-0.39, 0.29) is 18.0 Å². The minimum atomic E-state index is -1.21. The van der Waals surface area contributed by atoms with Crippen LogP contribution in [0.1, 0.15) is 25.1 Å². The van der Waals surface area contributed by atoms with Gasteiger partial charge in [0.1, 0.15) is 11.7 Å². The highest BCUT2D eigenvalue weighted by Gasteiger charge is 2.23. The van der Waals surface area contributed by atoms with Gasteiger partial charge in [-0.15, -0.1) is 0 Å². The van der Waals surface area contributed by atoms with Gasteiger partial charge in [0.15, 0.2) is 0 Å². The molecule has 3 N–H and O–H groups in total. The maximum absolute atomic E-state index is 11.7. The van der Waals surface area contributed by atoms with Gasteiger partial charge < -0.3 is 20.1 Å². The molecule has 1 aromatic carbocycles. The molecule has 0 bridgehead atoms. The Bertz CT molecular complexity index is 873. The fraction of sp³-hybridized carbons (Fsp3) is 0.316. The zero-order valence-corrected chi connectivity index (χ0v) is 16.9. The van der Waals surface area contributed by atoms with Gasteiger partial charge >= 0.3 is 11.9 Å². The number of carbonyl (C=O) groups is 2. The van der Waals surface area contributed by atoms with Crippen LogP contribution in [0.3, 0.4) is 0 Å². The van der Waals surface area contributed by atoms with Gasteiger partial charge in [0.05, 0.1) is 6.33 Å². The van der Waals surface area contributed by atoms with Gasteiger partial charge in [0, 0.05) is 34.9 Å². The lowest BCUT2D eigenvalue weighted by Gasteiger charge is -2.18. The molecule has 150 valence electrons. The summed E-state index contributed by atoms with van der Waals surface area (Å²) in [5.74, 6) is -2.41. The molecule has 0 amide bonds. The van der Waals surface area contributed by atoms with E-state index in [1.54, 1.807) is 35.3 Å². The predicted octanol–water partition coefficient (Wildman–Crippen LogP) is 3.45. The fourth-order valence-corrected chi connectivity index (χ4v) is 3.24. The maximum Gasteiger partial charge on any atom is 0.351 e. The first kappa shape index (κ1) is 21.8. The lowest BCUT2D eigenvalue weighted by molar-refractivity contribution is -0.139. The number of halogens is 2. The van der Waals surface area contributed by atoms with Crippen LogP contribution >= 0.6 is 23.2 Å². The first-order chi connectivity index (χ1) is 13.2. The zero-order valence-electron chi connectivity index (χ0n) is 15.4. The second-order valence-electron chi connectivity index (χ2n) is 6.66. The van der Waals surface area contributed by atoms with Crippen LogP contribution in [0.5, 0.6) is 0 Å². The molecule has 1 aromatic heterocycles. The highest BCUT2D eigenvalue weighted by molar-refractivity contribution is 6.34. The number of nitrogens with zero attached hydrogens (tertiary/aromatic N) is 2. The molecule has 0 unspecified atom stereocenters. The molecule has 0 spiro atoms. The Kier molecular flexibility index (Phi) is 7.48. The first-order valence-electron chi connectivity index (χ1n) is 8.54. The van der Waals surface area contributed by atoms with Gasteiger partial charge in [0.25, 0.3) is 0 Å². The molecule has 0 aliphatic carbocycles. The van der Waals surface area contributed by atoms with Crippen molar-refractivity contribution < 1.29 is 19.8 Å². The Labute approximate surface area is 172 Å². The summed E-state index contributed by atoms with van der Waals surface area (Å²) < 4.78 is 1.77. The van der Waals surface area contributed by atoms with E-state index in [2.05, 4.69) is 10.3 Å². The fourth-order valence-electron chi connectivity index (χ4n) is 2.67. The van der Waals surface area contributed by atoms with E-state index >= 15 is 0 Å². The quantitative estimate of drug-likeness (QED) is 0.531. The van der Waals surface area contributed by atoms with Crippen LogP contribution in [-0.4, -0.2) is 37.7 Å². The number of carboxylic acid groups (broad SMARTS) is 2. The third kappa shape index (κ3) is 6.28. The smallest absolute Gasteiger partial charge is 0.351 e. The number of imidazole rings is 1. The molecule has 9 heteroatoms. The molecule has 0 fully saturated rings. The third-order valence-electron chi connectivity index (χ3n) is 3.85. The molecule has 28 heavy (non-hydrogen) atoms. The molecule has 0 aliphatic heterocycles. The lowest BCUT2D eigenvalue weighted by Crippen LogP contribution is -2.40. The Balaban J connectivity index is 2.21. The highest BCUT2D eigenvalue weighted by atomic mass is 35.5. The van der Waals surface area contributed by atoms with Gasteiger partial charge in [-0.2, -0.15) is 0 Å². The summed E-state index contributed by atoms with van der Waals surface area (Å²) in [6, 6.07) is 4.02. The number of nitrogens with one attached hydrogen (secondary N) is 1. The minimum Gasteiger partial charge on any atom is -0.480 e. The number of aliphatic carboxylic acids is 2. The van der Waals surface area contributed by atoms with E-state index in [1.807, 2.05) is 13.8 Å². The predicted molar refractivity (Wildman–Crippen MR) is 107 cm³/mol. The number of carboxylic acids is 2. The van der Waals surface area contributed by atoms with Crippen molar-refractivity contribution in [2.24, 2.45) is 5.92 Å². The van der Waals surface area contributed by atoms with Gasteiger partial charge in [-0.25, -0.2) is 14.6 Å². The molecule has 2 aromatic rings. The average molecular weight is 426 g/mol. The van der Waals surface area contributed by atoms with Gasteiger partial charge in [-0.05, 0) is 29.7 Å². The minimum absolute atomic E-state index is 0.0480. The monoisotopic (exact) mass is 425 g/mol. The summed E-state index contributed by atoms with van der Waals surface area (Å²) in [7, 11) is 0. The second kappa shape index (κ2) is 9.61. The van der Waals surface area contributed by atoms with E-state index in [0.29, 0.717) is 22.3 Å². The van der Waals surface area contributed by atoms with E-state index in [9.17, 15) is 19.8 Å². The van der Waals surface area contributed by atoms with Crippen LogP contribution in [0.25, 0.3) is 0 Å². The van der Waals surface area contributed by atoms with Crippen LogP contribution < -0.4 is 5.32 Å². The van der Waals surface area contributed by atoms with Crippen LogP contribution in [0.2, 0.25) is 10.0 Å². The van der Waals surface area contributed by atoms with E-state index in [1.165, 1.54) is 6.08 Å². The lowest BCUT2D eigenvalue weighted by atomic mass is 10.1. The van der Waals surface area contributed by atoms with E-state index < -0.39 is 18.0 Å². The molecular weight excluding hydrogens is 405 g/mol. The Morgan fingerprint density at radius 2 is 1.86 bits per heavy atom. The Hall–Kier alpha value is -2.51. The number of hydrogen-bond acceptors (Lipinski definition) is 4. The number of hydrogen-bond donors (Lipinski definition) is 3. The van der Waals surface area contributed by atoms with Crippen molar-refractivity contribution >= 4 is 35.1 Å². The van der Waals surface area contributed by atoms with Crippen LogP contribution in [0.4, 0.5) is 0 Å². The maximum atomic E-state index is 11.7. The first-order valence-corrected chi connectivity index (χ1v) is 9.29. The van der Waals surface area contributed by atoms with Crippen LogP contribution in [0, 0.1) is 5.92 Å². The summed E-state index contributed by atoms with van der Waals surface area (Å²) in [5, 5.41) is 22.5. The molecule has 0 saturated carbocycles. The molecule has 1 atom stereocenters. The van der Waals surface area contributed by atoms with Crippen molar-refractivity contribution in [2.45, 2.75) is 32.9 Å². The molecule has 1 heterocycles. The topological polar surface area (TPSA) is 104 Å². The summed E-state index contributed by atoms with van der Waals surface area (Å²) in [4.78, 5) is 27.2. The number of allylic oxidation sites excluding steroid dienone is 1. The van der Waals surface area contributed by atoms with Crippen molar-refractivity contribution in [1.29, 1.82) is 0 Å². The summed E-state index contributed by atoms with van der Waals surface area (Å²) >= 11 is 12.1. The zero-order chi connectivity index (χ0) is 20.8. The largest absolute Gasteiger partial charge is 0.480 e. The Morgan fingerprint density at radius 3 is 2.39 bits per heavy atom. The standard InChI is InChI=1S/C19H21Cl2N3O4/c1-11(2)3-16(18(25)26)23-17(19(27)28)7-15-8-22-10-24(15)9-12-4-13(20)6-14(21)5-12/h3-6,8,10-11,17,23H,7,9H2,1-2H3,(H,25,26)(H,27,28)/b16-3+/t17-/m0/s1. The highest BCUT2D eigenvalue weighted by Crippen LogP contribution is 2.20. The average Bonchev–Trinajstić information content (AvgIpc) is 2.98. The number of rotatable bonds is 9. The molecule has 2 rings (SSSR count). The van der Waals surface area contributed by atoms with Gasteiger partial charge in [-0.1, -0.05) is 43.1 Å². The van der Waals surface area contributed by atoms with Crippen molar-refractivity contribution in [2.75, 3.05) is 0 Å². The molecule has 0 saturated heterocycles. The molecule has 7 nitrogen and oxygen atoms in total. The SMILES string of the molecule is CC(C)/C=C(/N[C@@H](Cc1cncn1Cc1cc(Cl)cc(Cl)c1)C(=O)O)C(=O)O. The third-order valence-corrected chi connectivity index (χ3v) is 4.28. The number of benzene rings is 1. The van der Waals surface area contributed by atoms with Gasteiger partial charge in [-0.3, -0.25) is 0 Å².